The molecule has 0 amide bonds. The van der Waals surface area contributed by atoms with Gasteiger partial charge in [0.2, 0.25) is 0 Å². The third-order valence-corrected chi connectivity index (χ3v) is 3.03. The minimum absolute atomic E-state index is 0.160. The van der Waals surface area contributed by atoms with E-state index in [0.29, 0.717) is 25.5 Å². The summed E-state index contributed by atoms with van der Waals surface area (Å²) in [5.41, 5.74) is 6.40. The molecule has 19 heavy (non-hydrogen) atoms. The first-order valence-electron chi connectivity index (χ1n) is 6.64. The van der Waals surface area contributed by atoms with Crippen molar-refractivity contribution in [3.05, 3.63) is 29.8 Å². The van der Waals surface area contributed by atoms with Crippen LogP contribution in [0.25, 0.3) is 0 Å². The summed E-state index contributed by atoms with van der Waals surface area (Å²) < 4.78 is 10.3. The van der Waals surface area contributed by atoms with Crippen molar-refractivity contribution >= 4 is 5.97 Å². The molecule has 0 bridgehead atoms. The third kappa shape index (κ3) is 6.25. The number of hydrogen-bond acceptors (Lipinski definition) is 4. The maximum Gasteiger partial charge on any atom is 0.306 e. The summed E-state index contributed by atoms with van der Waals surface area (Å²) in [4.78, 5) is 11.6. The number of hydrogen-bond donors (Lipinski definition) is 1. The van der Waals surface area contributed by atoms with E-state index in [2.05, 4.69) is 6.92 Å². The Kier molecular flexibility index (Phi) is 6.97. The van der Waals surface area contributed by atoms with Gasteiger partial charge in [-0.05, 0) is 43.0 Å². The van der Waals surface area contributed by atoms with Crippen molar-refractivity contribution < 1.29 is 14.3 Å². The number of carbonyl (C=O) groups excluding carboxylic acids is 1. The molecule has 1 atom stereocenters. The van der Waals surface area contributed by atoms with Gasteiger partial charge in [0, 0.05) is 6.42 Å². The van der Waals surface area contributed by atoms with E-state index in [1.165, 1.54) is 0 Å². The Morgan fingerprint density at radius 1 is 1.37 bits per heavy atom. The van der Waals surface area contributed by atoms with Gasteiger partial charge in [-0.25, -0.2) is 0 Å². The van der Waals surface area contributed by atoms with Crippen molar-refractivity contribution in [2.24, 2.45) is 11.7 Å². The fourth-order valence-electron chi connectivity index (χ4n) is 1.79. The van der Waals surface area contributed by atoms with Gasteiger partial charge in [0.05, 0.1) is 7.11 Å². The van der Waals surface area contributed by atoms with Crippen LogP contribution in [0.15, 0.2) is 24.3 Å². The van der Waals surface area contributed by atoms with Gasteiger partial charge >= 0.3 is 5.97 Å². The quantitative estimate of drug-likeness (QED) is 0.734. The summed E-state index contributed by atoms with van der Waals surface area (Å²) in [6, 6.07) is 7.52. The highest BCUT2D eigenvalue weighted by molar-refractivity contribution is 5.69. The standard InChI is InChI=1S/C15H23NO3/c1-12(8-9-16)6-7-15(17)19-11-13-4-3-5-14(10-13)18-2/h3-5,10,12H,6-9,11,16H2,1-2H3. The highest BCUT2D eigenvalue weighted by atomic mass is 16.5. The first kappa shape index (κ1) is 15.5. The summed E-state index contributed by atoms with van der Waals surface area (Å²) in [5, 5.41) is 0. The van der Waals surface area contributed by atoms with Crippen molar-refractivity contribution in [3.8, 4) is 5.75 Å². The maximum atomic E-state index is 11.6. The lowest BCUT2D eigenvalue weighted by Gasteiger charge is -2.10. The molecular weight excluding hydrogens is 242 g/mol. The Bertz CT molecular complexity index is 393. The van der Waals surface area contributed by atoms with Crippen LogP contribution in [0.5, 0.6) is 5.75 Å². The summed E-state index contributed by atoms with van der Waals surface area (Å²) in [7, 11) is 1.62. The molecule has 0 aliphatic heterocycles. The van der Waals surface area contributed by atoms with E-state index >= 15 is 0 Å². The number of esters is 1. The van der Waals surface area contributed by atoms with E-state index in [0.717, 1.165) is 24.2 Å². The van der Waals surface area contributed by atoms with E-state index in [4.69, 9.17) is 15.2 Å². The van der Waals surface area contributed by atoms with Gasteiger partial charge in [-0.1, -0.05) is 19.1 Å². The number of nitrogens with two attached hydrogens (primary N) is 1. The van der Waals surface area contributed by atoms with Gasteiger partial charge in [-0.15, -0.1) is 0 Å². The summed E-state index contributed by atoms with van der Waals surface area (Å²) in [6.07, 6.45) is 2.22. The van der Waals surface area contributed by atoms with Gasteiger partial charge in [0.1, 0.15) is 12.4 Å². The Morgan fingerprint density at radius 2 is 2.16 bits per heavy atom. The van der Waals surface area contributed by atoms with Gasteiger partial charge in [0.25, 0.3) is 0 Å². The van der Waals surface area contributed by atoms with Crippen LogP contribution in [-0.4, -0.2) is 19.6 Å². The zero-order valence-corrected chi connectivity index (χ0v) is 11.7. The average molecular weight is 265 g/mol. The van der Waals surface area contributed by atoms with Crippen molar-refractivity contribution in [3.63, 3.8) is 0 Å². The smallest absolute Gasteiger partial charge is 0.306 e. The van der Waals surface area contributed by atoms with Gasteiger partial charge in [-0.3, -0.25) is 4.79 Å². The van der Waals surface area contributed by atoms with Crippen molar-refractivity contribution in [1.82, 2.24) is 0 Å². The van der Waals surface area contributed by atoms with Crippen LogP contribution in [0.1, 0.15) is 31.7 Å². The van der Waals surface area contributed by atoms with Crippen LogP contribution in [0.3, 0.4) is 0 Å². The van der Waals surface area contributed by atoms with E-state index in [1.54, 1.807) is 7.11 Å². The van der Waals surface area contributed by atoms with E-state index in [9.17, 15) is 4.79 Å². The highest BCUT2D eigenvalue weighted by Gasteiger charge is 2.07. The molecule has 1 aromatic rings. The average Bonchev–Trinajstić information content (AvgIpc) is 2.43. The molecule has 0 heterocycles. The van der Waals surface area contributed by atoms with E-state index < -0.39 is 0 Å². The predicted molar refractivity (Wildman–Crippen MR) is 74.9 cm³/mol. The number of benzene rings is 1. The summed E-state index contributed by atoms with van der Waals surface area (Å²) >= 11 is 0. The van der Waals surface area contributed by atoms with Gasteiger partial charge < -0.3 is 15.2 Å². The molecule has 0 aromatic heterocycles. The number of methoxy groups -OCH3 is 1. The Hall–Kier alpha value is -1.55. The Balaban J connectivity index is 2.29. The minimum atomic E-state index is -0.160. The normalized spacial score (nSPS) is 11.9. The zero-order valence-electron chi connectivity index (χ0n) is 11.7. The second-order valence-corrected chi connectivity index (χ2v) is 4.73. The Labute approximate surface area is 114 Å². The van der Waals surface area contributed by atoms with Crippen molar-refractivity contribution in [1.29, 1.82) is 0 Å². The van der Waals surface area contributed by atoms with Crippen molar-refractivity contribution in [2.75, 3.05) is 13.7 Å². The molecule has 1 aromatic carbocycles. The van der Waals surface area contributed by atoms with Crippen LogP contribution >= 0.6 is 0 Å². The molecule has 1 rings (SSSR count). The van der Waals surface area contributed by atoms with Gasteiger partial charge in [0.15, 0.2) is 0 Å². The molecule has 4 nitrogen and oxygen atoms in total. The molecule has 0 spiro atoms. The van der Waals surface area contributed by atoms with Crippen molar-refractivity contribution in [2.45, 2.75) is 32.8 Å². The first-order chi connectivity index (χ1) is 9.15. The monoisotopic (exact) mass is 265 g/mol. The molecule has 0 fully saturated rings. The molecule has 0 aliphatic carbocycles. The largest absolute Gasteiger partial charge is 0.497 e. The molecule has 2 N–H and O–H groups in total. The Morgan fingerprint density at radius 3 is 2.84 bits per heavy atom. The molecule has 0 saturated heterocycles. The minimum Gasteiger partial charge on any atom is -0.497 e. The number of carbonyl (C=O) groups is 1. The second kappa shape index (κ2) is 8.53. The SMILES string of the molecule is COc1cccc(COC(=O)CCC(C)CCN)c1. The zero-order chi connectivity index (χ0) is 14.1. The topological polar surface area (TPSA) is 61.5 Å². The molecule has 4 heteroatoms. The summed E-state index contributed by atoms with van der Waals surface area (Å²) in [6.45, 7) is 3.06. The van der Waals surface area contributed by atoms with Crippen LogP contribution in [-0.2, 0) is 16.1 Å². The number of rotatable bonds is 8. The lowest BCUT2D eigenvalue weighted by Crippen LogP contribution is -2.10. The van der Waals surface area contributed by atoms with Gasteiger partial charge in [-0.2, -0.15) is 0 Å². The van der Waals surface area contributed by atoms with Crippen LogP contribution in [0.4, 0.5) is 0 Å². The first-order valence-corrected chi connectivity index (χ1v) is 6.64. The lowest BCUT2D eigenvalue weighted by atomic mass is 10.0. The third-order valence-electron chi connectivity index (χ3n) is 3.03. The number of ether oxygens (including phenoxy) is 2. The molecular formula is C15H23NO3. The molecule has 0 aliphatic rings. The van der Waals surface area contributed by atoms with Crippen LogP contribution in [0, 0.1) is 5.92 Å². The molecule has 0 saturated carbocycles. The molecule has 106 valence electrons. The second-order valence-electron chi connectivity index (χ2n) is 4.73. The van der Waals surface area contributed by atoms with E-state index in [-0.39, 0.29) is 5.97 Å². The van der Waals surface area contributed by atoms with Crippen LogP contribution < -0.4 is 10.5 Å². The molecule has 0 radical (unpaired) electrons. The fourth-order valence-corrected chi connectivity index (χ4v) is 1.79. The predicted octanol–water partition coefficient (Wildman–Crippen LogP) is 2.50. The molecule has 1 unspecified atom stereocenters. The fraction of sp³-hybridized carbons (Fsp3) is 0.533. The van der Waals surface area contributed by atoms with E-state index in [1.807, 2.05) is 24.3 Å². The lowest BCUT2D eigenvalue weighted by molar-refractivity contribution is -0.145. The maximum absolute atomic E-state index is 11.6. The summed E-state index contributed by atoms with van der Waals surface area (Å²) in [5.74, 6) is 1.08. The highest BCUT2D eigenvalue weighted by Crippen LogP contribution is 2.14. The van der Waals surface area contributed by atoms with Crippen LogP contribution in [0.2, 0.25) is 0 Å².